The Bertz CT molecular complexity index is 663. The topological polar surface area (TPSA) is 66.4 Å². The Morgan fingerprint density at radius 1 is 1.32 bits per heavy atom. The number of thiophene rings is 1. The second-order valence-corrected chi connectivity index (χ2v) is 6.06. The highest BCUT2D eigenvalue weighted by Crippen LogP contribution is 2.35. The van der Waals surface area contributed by atoms with E-state index in [4.69, 9.17) is 16.7 Å². The monoisotopic (exact) mass is 297 g/mol. The average molecular weight is 298 g/mol. The molecule has 0 spiro atoms. The summed E-state index contributed by atoms with van der Waals surface area (Å²) in [4.78, 5) is 23.4. The number of aliphatic carboxylic acids is 1. The summed E-state index contributed by atoms with van der Waals surface area (Å²) in [7, 11) is 0. The number of carboxylic acid groups (broad SMARTS) is 1. The van der Waals surface area contributed by atoms with Crippen molar-refractivity contribution in [1.82, 2.24) is 5.32 Å². The fourth-order valence-corrected chi connectivity index (χ4v) is 2.97. The molecular formula is C13H12ClNO3S. The zero-order valence-electron chi connectivity index (χ0n) is 10.4. The van der Waals surface area contributed by atoms with Crippen LogP contribution in [-0.2, 0) is 4.79 Å². The van der Waals surface area contributed by atoms with Gasteiger partial charge in [0, 0.05) is 10.1 Å². The second kappa shape index (κ2) is 4.83. The van der Waals surface area contributed by atoms with Crippen molar-refractivity contribution in [2.45, 2.75) is 19.4 Å². The van der Waals surface area contributed by atoms with Gasteiger partial charge in [-0.3, -0.25) is 4.79 Å². The molecule has 100 valence electrons. The molecule has 0 bridgehead atoms. The van der Waals surface area contributed by atoms with E-state index in [-0.39, 0.29) is 0 Å². The standard InChI is InChI=1S/C13H12ClNO3S/c1-13(2,12(17)18)15-11(16)10-9(14)7-5-3-4-6-8(7)19-10/h3-6H,1-2H3,(H,15,16)(H,17,18). The van der Waals surface area contributed by atoms with Crippen molar-refractivity contribution in [2.75, 3.05) is 0 Å². The SMILES string of the molecule is CC(C)(NC(=O)c1sc2ccccc2c1Cl)C(=O)O. The summed E-state index contributed by atoms with van der Waals surface area (Å²) in [5, 5.41) is 12.6. The number of carbonyl (C=O) groups excluding carboxylic acids is 1. The lowest BCUT2D eigenvalue weighted by Gasteiger charge is -2.20. The van der Waals surface area contributed by atoms with Crippen LogP contribution in [0, 0.1) is 0 Å². The van der Waals surface area contributed by atoms with Gasteiger partial charge in [0.05, 0.1) is 5.02 Å². The highest BCUT2D eigenvalue weighted by molar-refractivity contribution is 7.21. The number of halogens is 1. The maximum absolute atomic E-state index is 12.1. The molecule has 0 aliphatic heterocycles. The molecule has 1 amide bonds. The first-order chi connectivity index (χ1) is 8.83. The summed E-state index contributed by atoms with van der Waals surface area (Å²) in [5.41, 5.74) is -1.34. The van der Waals surface area contributed by atoms with Crippen molar-refractivity contribution >= 4 is 44.9 Å². The van der Waals surface area contributed by atoms with Crippen molar-refractivity contribution in [3.63, 3.8) is 0 Å². The second-order valence-electron chi connectivity index (χ2n) is 4.63. The normalized spacial score (nSPS) is 11.5. The summed E-state index contributed by atoms with van der Waals surface area (Å²) >= 11 is 7.41. The number of amides is 1. The Kier molecular flexibility index (Phi) is 3.52. The molecule has 2 rings (SSSR count). The zero-order chi connectivity index (χ0) is 14.2. The van der Waals surface area contributed by atoms with Crippen LogP contribution in [0.5, 0.6) is 0 Å². The molecule has 0 fully saturated rings. The molecule has 1 aromatic carbocycles. The first-order valence-electron chi connectivity index (χ1n) is 5.56. The lowest BCUT2D eigenvalue weighted by molar-refractivity contribution is -0.143. The van der Waals surface area contributed by atoms with Crippen molar-refractivity contribution < 1.29 is 14.7 Å². The molecule has 0 saturated heterocycles. The molecule has 6 heteroatoms. The van der Waals surface area contributed by atoms with Gasteiger partial charge in [-0.2, -0.15) is 0 Å². The smallest absolute Gasteiger partial charge is 0.328 e. The number of rotatable bonds is 3. The van der Waals surface area contributed by atoms with E-state index in [0.717, 1.165) is 10.1 Å². The molecule has 0 atom stereocenters. The van der Waals surface area contributed by atoms with Crippen LogP contribution in [0.15, 0.2) is 24.3 Å². The Labute approximate surface area is 119 Å². The van der Waals surface area contributed by atoms with Crippen LogP contribution in [0.4, 0.5) is 0 Å². The van der Waals surface area contributed by atoms with Gasteiger partial charge < -0.3 is 10.4 Å². The van der Waals surface area contributed by atoms with E-state index in [2.05, 4.69) is 5.32 Å². The summed E-state index contributed by atoms with van der Waals surface area (Å²) in [5.74, 6) is -1.57. The molecule has 0 saturated carbocycles. The van der Waals surface area contributed by atoms with Crippen molar-refractivity contribution in [3.05, 3.63) is 34.2 Å². The minimum Gasteiger partial charge on any atom is -0.480 e. The van der Waals surface area contributed by atoms with Gasteiger partial charge in [-0.1, -0.05) is 29.8 Å². The predicted molar refractivity (Wildman–Crippen MR) is 76.0 cm³/mol. The number of fused-ring (bicyclic) bond motifs is 1. The fourth-order valence-electron chi connectivity index (χ4n) is 1.55. The number of carbonyl (C=O) groups is 2. The highest BCUT2D eigenvalue weighted by atomic mass is 35.5. The van der Waals surface area contributed by atoms with Gasteiger partial charge in [0.25, 0.3) is 5.91 Å². The number of hydrogen-bond donors (Lipinski definition) is 2. The van der Waals surface area contributed by atoms with Crippen molar-refractivity contribution in [3.8, 4) is 0 Å². The van der Waals surface area contributed by atoms with E-state index in [0.29, 0.717) is 9.90 Å². The Morgan fingerprint density at radius 3 is 2.53 bits per heavy atom. The fraction of sp³-hybridized carbons (Fsp3) is 0.231. The van der Waals surface area contributed by atoms with Crippen molar-refractivity contribution in [1.29, 1.82) is 0 Å². The van der Waals surface area contributed by atoms with E-state index in [1.165, 1.54) is 25.2 Å². The molecule has 0 aliphatic rings. The van der Waals surface area contributed by atoms with Crippen molar-refractivity contribution in [2.24, 2.45) is 0 Å². The minimum atomic E-state index is -1.34. The van der Waals surface area contributed by atoms with E-state index in [9.17, 15) is 9.59 Å². The molecule has 2 aromatic rings. The van der Waals surface area contributed by atoms with Gasteiger partial charge in [-0.25, -0.2) is 4.79 Å². The number of nitrogens with one attached hydrogen (secondary N) is 1. The largest absolute Gasteiger partial charge is 0.480 e. The van der Waals surface area contributed by atoms with Crippen LogP contribution in [0.3, 0.4) is 0 Å². The molecule has 19 heavy (non-hydrogen) atoms. The summed E-state index contributed by atoms with van der Waals surface area (Å²) < 4.78 is 0.894. The zero-order valence-corrected chi connectivity index (χ0v) is 11.9. The third-order valence-electron chi connectivity index (χ3n) is 2.70. The van der Waals surface area contributed by atoms with Gasteiger partial charge in [-0.05, 0) is 19.9 Å². The average Bonchev–Trinajstić information content (AvgIpc) is 2.67. The third-order valence-corrected chi connectivity index (χ3v) is 4.38. The maximum Gasteiger partial charge on any atom is 0.328 e. The number of benzene rings is 1. The highest BCUT2D eigenvalue weighted by Gasteiger charge is 2.30. The van der Waals surface area contributed by atoms with Crippen LogP contribution in [0.1, 0.15) is 23.5 Å². The molecule has 0 aliphatic carbocycles. The Hall–Kier alpha value is -1.59. The van der Waals surface area contributed by atoms with Crippen LogP contribution in [-0.4, -0.2) is 22.5 Å². The van der Waals surface area contributed by atoms with E-state index >= 15 is 0 Å². The molecule has 0 radical (unpaired) electrons. The summed E-state index contributed by atoms with van der Waals surface area (Å²) in [6, 6.07) is 7.39. The molecular weight excluding hydrogens is 286 g/mol. The predicted octanol–water partition coefficient (Wildman–Crippen LogP) is 3.15. The van der Waals surface area contributed by atoms with E-state index in [1.807, 2.05) is 24.3 Å². The van der Waals surface area contributed by atoms with Crippen LogP contribution >= 0.6 is 22.9 Å². The quantitative estimate of drug-likeness (QED) is 0.914. The Morgan fingerprint density at radius 2 is 1.95 bits per heavy atom. The maximum atomic E-state index is 12.1. The van der Waals surface area contributed by atoms with Gasteiger partial charge in [0.2, 0.25) is 0 Å². The van der Waals surface area contributed by atoms with Crippen LogP contribution in [0.25, 0.3) is 10.1 Å². The first kappa shape index (κ1) is 13.8. The minimum absolute atomic E-state index is 0.331. The Balaban J connectivity index is 2.37. The van der Waals surface area contributed by atoms with Crippen LogP contribution in [0.2, 0.25) is 5.02 Å². The lowest BCUT2D eigenvalue weighted by atomic mass is 10.1. The molecule has 1 aromatic heterocycles. The van der Waals surface area contributed by atoms with Gasteiger partial charge in [-0.15, -0.1) is 11.3 Å². The van der Waals surface area contributed by atoms with E-state index < -0.39 is 17.4 Å². The first-order valence-corrected chi connectivity index (χ1v) is 6.75. The summed E-state index contributed by atoms with van der Waals surface area (Å²) in [6.45, 7) is 2.85. The van der Waals surface area contributed by atoms with Crippen LogP contribution < -0.4 is 5.32 Å². The van der Waals surface area contributed by atoms with Gasteiger partial charge in [0.15, 0.2) is 0 Å². The summed E-state index contributed by atoms with van der Waals surface area (Å²) in [6.07, 6.45) is 0. The van der Waals surface area contributed by atoms with E-state index in [1.54, 1.807) is 0 Å². The molecule has 2 N–H and O–H groups in total. The van der Waals surface area contributed by atoms with Gasteiger partial charge in [0.1, 0.15) is 10.4 Å². The third kappa shape index (κ3) is 2.57. The molecule has 4 nitrogen and oxygen atoms in total. The number of hydrogen-bond acceptors (Lipinski definition) is 3. The number of carboxylic acids is 1. The lowest BCUT2D eigenvalue weighted by Crippen LogP contribution is -2.49. The molecule has 0 unspecified atom stereocenters. The molecule has 1 heterocycles. The van der Waals surface area contributed by atoms with Gasteiger partial charge >= 0.3 is 5.97 Å².